The fraction of sp³-hybridized carbons (Fsp3) is 0.600. The third kappa shape index (κ3) is 4.51. The van der Waals surface area contributed by atoms with E-state index in [-0.39, 0.29) is 29.3 Å². The molecule has 0 spiro atoms. The Bertz CT molecular complexity index is 950. The minimum Gasteiger partial charge on any atom is -0.395 e. The number of nitrogens with one attached hydrogen (secondary N) is 1. The zero-order valence-electron chi connectivity index (χ0n) is 19.2. The molecule has 1 aliphatic carbocycles. The van der Waals surface area contributed by atoms with Crippen molar-refractivity contribution in [2.45, 2.75) is 64.2 Å². The zero-order chi connectivity index (χ0) is 22.2. The molecule has 5 nitrogen and oxygen atoms in total. The number of piperidine rings is 1. The van der Waals surface area contributed by atoms with E-state index in [9.17, 15) is 4.79 Å². The molecule has 0 saturated carbocycles. The van der Waals surface area contributed by atoms with Gasteiger partial charge in [-0.15, -0.1) is 11.3 Å². The second-order valence-electron chi connectivity index (χ2n) is 10.3. The second-order valence-corrected chi connectivity index (χ2v) is 11.2. The highest BCUT2D eigenvalue weighted by Gasteiger charge is 2.37. The predicted octanol–water partition coefficient (Wildman–Crippen LogP) is 4.48. The molecule has 1 aromatic carbocycles. The van der Waals surface area contributed by atoms with E-state index in [0.717, 1.165) is 30.2 Å². The normalized spacial score (nSPS) is 22.1. The summed E-state index contributed by atoms with van der Waals surface area (Å²) in [5.41, 5.74) is 5.53. The number of hydrogen-bond donors (Lipinski definition) is 2. The standard InChI is InChI=1S/C25H35N3O2S/c1-24(2)9-10-25(3,4)20-14-17(7-8-19(20)24)21-16-31-23(27-21)28-12-5-6-18(15-28)22(30)26-11-13-29/h7-8,14,16,18,29H,5-6,9-13,15H2,1-4H3,(H,26,30). The third-order valence-electron chi connectivity index (χ3n) is 7.11. The van der Waals surface area contributed by atoms with E-state index >= 15 is 0 Å². The minimum absolute atomic E-state index is 0.0211. The monoisotopic (exact) mass is 441 g/mol. The number of carbonyl (C=O) groups is 1. The van der Waals surface area contributed by atoms with Crippen LogP contribution in [0.5, 0.6) is 0 Å². The Morgan fingerprint density at radius 1 is 1.23 bits per heavy atom. The van der Waals surface area contributed by atoms with E-state index < -0.39 is 0 Å². The first kappa shape index (κ1) is 22.3. The van der Waals surface area contributed by atoms with Crippen molar-refractivity contribution < 1.29 is 9.90 Å². The summed E-state index contributed by atoms with van der Waals surface area (Å²) in [5, 5.41) is 14.9. The molecule has 1 aromatic heterocycles. The molecular weight excluding hydrogens is 406 g/mol. The SMILES string of the molecule is CC1(C)CCC(C)(C)c2cc(-c3csc(N4CCCC(C(=O)NCCO)C4)n3)ccc21. The lowest BCUT2D eigenvalue weighted by Crippen LogP contribution is -2.43. The maximum atomic E-state index is 12.3. The van der Waals surface area contributed by atoms with Gasteiger partial charge in [-0.25, -0.2) is 4.98 Å². The highest BCUT2D eigenvalue weighted by molar-refractivity contribution is 7.14. The van der Waals surface area contributed by atoms with Gasteiger partial charge in [0.15, 0.2) is 5.13 Å². The molecule has 0 radical (unpaired) electrons. The molecule has 0 bridgehead atoms. The molecule has 1 saturated heterocycles. The average molecular weight is 442 g/mol. The summed E-state index contributed by atoms with van der Waals surface area (Å²) in [7, 11) is 0. The number of aromatic nitrogens is 1. The Morgan fingerprint density at radius 2 is 1.97 bits per heavy atom. The number of amides is 1. The molecule has 6 heteroatoms. The van der Waals surface area contributed by atoms with Crippen molar-refractivity contribution in [2.75, 3.05) is 31.1 Å². The quantitative estimate of drug-likeness (QED) is 0.718. The van der Waals surface area contributed by atoms with E-state index in [2.05, 4.69) is 61.5 Å². The Morgan fingerprint density at radius 3 is 2.71 bits per heavy atom. The smallest absolute Gasteiger partial charge is 0.224 e. The van der Waals surface area contributed by atoms with Crippen molar-refractivity contribution >= 4 is 22.4 Å². The molecular formula is C25H35N3O2S. The lowest BCUT2D eigenvalue weighted by molar-refractivity contribution is -0.125. The summed E-state index contributed by atoms with van der Waals surface area (Å²) < 4.78 is 0. The van der Waals surface area contributed by atoms with Gasteiger partial charge in [-0.05, 0) is 53.7 Å². The Labute approximate surface area is 189 Å². The summed E-state index contributed by atoms with van der Waals surface area (Å²) in [4.78, 5) is 19.6. The minimum atomic E-state index is -0.0422. The number of fused-ring (bicyclic) bond motifs is 1. The number of hydrogen-bond acceptors (Lipinski definition) is 5. The number of rotatable bonds is 5. The van der Waals surface area contributed by atoms with Gasteiger partial charge in [-0.2, -0.15) is 0 Å². The van der Waals surface area contributed by atoms with Gasteiger partial charge in [0.05, 0.1) is 18.2 Å². The Kier molecular flexibility index (Phi) is 6.14. The van der Waals surface area contributed by atoms with Crippen LogP contribution in [0, 0.1) is 5.92 Å². The highest BCUT2D eigenvalue weighted by atomic mass is 32.1. The average Bonchev–Trinajstić information content (AvgIpc) is 3.25. The van der Waals surface area contributed by atoms with Crippen LogP contribution in [0.2, 0.25) is 0 Å². The summed E-state index contributed by atoms with van der Waals surface area (Å²) in [6.45, 7) is 11.3. The molecule has 1 fully saturated rings. The Hall–Kier alpha value is -1.92. The lowest BCUT2D eigenvalue weighted by atomic mass is 9.63. The largest absolute Gasteiger partial charge is 0.395 e. The molecule has 2 heterocycles. The second kappa shape index (κ2) is 8.55. The molecule has 31 heavy (non-hydrogen) atoms. The molecule has 1 unspecified atom stereocenters. The van der Waals surface area contributed by atoms with Crippen LogP contribution in [0.1, 0.15) is 64.5 Å². The van der Waals surface area contributed by atoms with Crippen molar-refractivity contribution in [3.63, 3.8) is 0 Å². The van der Waals surface area contributed by atoms with Gasteiger partial charge in [0.25, 0.3) is 0 Å². The van der Waals surface area contributed by atoms with E-state index in [1.54, 1.807) is 11.3 Å². The van der Waals surface area contributed by atoms with E-state index in [1.807, 2.05) is 0 Å². The van der Waals surface area contributed by atoms with Crippen LogP contribution in [-0.2, 0) is 15.6 Å². The van der Waals surface area contributed by atoms with Crippen molar-refractivity contribution in [2.24, 2.45) is 5.92 Å². The van der Waals surface area contributed by atoms with Crippen molar-refractivity contribution in [3.05, 3.63) is 34.7 Å². The van der Waals surface area contributed by atoms with Crippen LogP contribution in [0.4, 0.5) is 5.13 Å². The number of nitrogens with zero attached hydrogens (tertiary/aromatic N) is 2. The predicted molar refractivity (Wildman–Crippen MR) is 128 cm³/mol. The topological polar surface area (TPSA) is 65.5 Å². The van der Waals surface area contributed by atoms with E-state index in [0.29, 0.717) is 13.1 Å². The molecule has 4 rings (SSSR count). The van der Waals surface area contributed by atoms with Gasteiger partial charge in [0.1, 0.15) is 0 Å². The van der Waals surface area contributed by atoms with Gasteiger partial charge >= 0.3 is 0 Å². The fourth-order valence-corrected chi connectivity index (χ4v) is 5.85. The van der Waals surface area contributed by atoms with Crippen LogP contribution >= 0.6 is 11.3 Å². The molecule has 2 N–H and O–H groups in total. The first-order chi connectivity index (χ1) is 14.7. The zero-order valence-corrected chi connectivity index (χ0v) is 20.0. The molecule has 2 aliphatic rings. The Balaban J connectivity index is 1.55. The maximum Gasteiger partial charge on any atom is 0.224 e. The summed E-state index contributed by atoms with van der Waals surface area (Å²) in [5.74, 6) is -0.00510. The number of anilines is 1. The van der Waals surface area contributed by atoms with Crippen molar-refractivity contribution in [1.29, 1.82) is 0 Å². The summed E-state index contributed by atoms with van der Waals surface area (Å²) >= 11 is 1.66. The molecule has 1 atom stereocenters. The van der Waals surface area contributed by atoms with E-state index in [4.69, 9.17) is 10.1 Å². The first-order valence-corrected chi connectivity index (χ1v) is 12.3. The van der Waals surface area contributed by atoms with Crippen LogP contribution in [0.3, 0.4) is 0 Å². The lowest BCUT2D eigenvalue weighted by Gasteiger charge is -2.42. The van der Waals surface area contributed by atoms with Crippen LogP contribution in [0.15, 0.2) is 23.6 Å². The van der Waals surface area contributed by atoms with E-state index in [1.165, 1.54) is 29.5 Å². The van der Waals surface area contributed by atoms with Gasteiger partial charge < -0.3 is 15.3 Å². The van der Waals surface area contributed by atoms with Crippen LogP contribution in [-0.4, -0.2) is 42.2 Å². The van der Waals surface area contributed by atoms with Gasteiger partial charge in [0.2, 0.25) is 5.91 Å². The molecule has 1 aliphatic heterocycles. The van der Waals surface area contributed by atoms with Crippen molar-refractivity contribution in [3.8, 4) is 11.3 Å². The third-order valence-corrected chi connectivity index (χ3v) is 8.02. The molecule has 2 aromatic rings. The van der Waals surface area contributed by atoms with Crippen LogP contribution in [0.25, 0.3) is 11.3 Å². The number of aliphatic hydroxyl groups is 1. The van der Waals surface area contributed by atoms with Gasteiger partial charge in [-0.3, -0.25) is 4.79 Å². The number of thiazole rings is 1. The summed E-state index contributed by atoms with van der Waals surface area (Å²) in [6.07, 6.45) is 4.29. The van der Waals surface area contributed by atoms with Gasteiger partial charge in [-0.1, -0.05) is 39.8 Å². The van der Waals surface area contributed by atoms with Gasteiger partial charge in [0, 0.05) is 30.6 Å². The first-order valence-electron chi connectivity index (χ1n) is 11.5. The highest BCUT2D eigenvalue weighted by Crippen LogP contribution is 2.47. The number of aliphatic hydroxyl groups excluding tert-OH is 1. The number of benzene rings is 1. The fourth-order valence-electron chi connectivity index (χ4n) is 4.98. The maximum absolute atomic E-state index is 12.3. The summed E-state index contributed by atoms with van der Waals surface area (Å²) in [6, 6.07) is 6.89. The molecule has 1 amide bonds. The molecule has 168 valence electrons. The number of carbonyl (C=O) groups excluding carboxylic acids is 1. The van der Waals surface area contributed by atoms with Crippen molar-refractivity contribution in [1.82, 2.24) is 10.3 Å². The van der Waals surface area contributed by atoms with Crippen LogP contribution < -0.4 is 10.2 Å².